The molecular formula is C5H12ClPS2. The fourth-order valence-electron chi connectivity index (χ4n) is 0.489. The highest BCUT2D eigenvalue weighted by atomic mass is 35.7. The summed E-state index contributed by atoms with van der Waals surface area (Å²) < 4.78 is -1.35. The summed E-state index contributed by atoms with van der Waals surface area (Å²) in [7, 11) is 0. The van der Waals surface area contributed by atoms with Gasteiger partial charge in [0.05, 0.1) is 4.59 Å². The van der Waals surface area contributed by atoms with Crippen molar-refractivity contribution in [2.75, 3.05) is 6.66 Å². The zero-order valence-corrected chi connectivity index (χ0v) is 9.43. The van der Waals surface area contributed by atoms with Crippen molar-refractivity contribution in [2.45, 2.75) is 25.5 Å². The molecule has 56 valence electrons. The van der Waals surface area contributed by atoms with Gasteiger partial charge in [-0.05, 0) is 6.66 Å². The first-order chi connectivity index (χ1) is 3.71. The molecule has 0 aromatic heterocycles. The van der Waals surface area contributed by atoms with Crippen molar-refractivity contribution in [1.82, 2.24) is 0 Å². The summed E-state index contributed by atoms with van der Waals surface area (Å²) in [5.74, 6) is 0. The molecule has 9 heavy (non-hydrogen) atoms. The van der Waals surface area contributed by atoms with E-state index in [1.54, 1.807) is 11.4 Å². The van der Waals surface area contributed by atoms with Crippen LogP contribution in [0.4, 0.5) is 0 Å². The van der Waals surface area contributed by atoms with Crippen molar-refractivity contribution in [1.29, 1.82) is 0 Å². The van der Waals surface area contributed by atoms with Crippen molar-refractivity contribution < 1.29 is 0 Å². The molecule has 0 nitrogen and oxygen atoms in total. The third-order valence-electron chi connectivity index (χ3n) is 0.437. The molecule has 0 heterocycles. The molecule has 0 fully saturated rings. The van der Waals surface area contributed by atoms with Gasteiger partial charge in [-0.2, -0.15) is 0 Å². The molecule has 0 bridgehead atoms. The maximum absolute atomic E-state index is 5.91. The third kappa shape index (κ3) is 9.29. The number of rotatable bonds is 1. The van der Waals surface area contributed by atoms with Gasteiger partial charge in [-0.15, -0.1) is 11.4 Å². The molecule has 0 saturated carbocycles. The first-order valence-electron chi connectivity index (χ1n) is 2.69. The lowest BCUT2D eigenvalue weighted by molar-refractivity contribution is 0.810. The van der Waals surface area contributed by atoms with E-state index >= 15 is 0 Å². The van der Waals surface area contributed by atoms with Gasteiger partial charge in [0.2, 0.25) is 0 Å². The molecule has 0 radical (unpaired) electrons. The smallest absolute Gasteiger partial charge is 0.0865 e. The molecule has 0 aliphatic carbocycles. The molecule has 0 spiro atoms. The lowest BCUT2D eigenvalue weighted by Gasteiger charge is -2.20. The minimum absolute atomic E-state index is 0.214. The van der Waals surface area contributed by atoms with E-state index in [2.05, 4.69) is 20.8 Å². The van der Waals surface area contributed by atoms with Gasteiger partial charge in [0.25, 0.3) is 0 Å². The quantitative estimate of drug-likeness (QED) is 0.595. The van der Waals surface area contributed by atoms with E-state index in [1.807, 2.05) is 6.66 Å². The van der Waals surface area contributed by atoms with E-state index in [-0.39, 0.29) is 4.75 Å². The van der Waals surface area contributed by atoms with Gasteiger partial charge < -0.3 is 0 Å². The summed E-state index contributed by atoms with van der Waals surface area (Å²) >= 11 is 12.7. The second-order valence-corrected chi connectivity index (χ2v) is 14.7. The molecule has 0 aromatic carbocycles. The molecule has 0 aromatic rings. The number of halogens is 1. The van der Waals surface area contributed by atoms with Crippen molar-refractivity contribution in [3.8, 4) is 0 Å². The molecule has 4 heteroatoms. The number of hydrogen-bond acceptors (Lipinski definition) is 2. The molecule has 0 aliphatic heterocycles. The van der Waals surface area contributed by atoms with Crippen molar-refractivity contribution in [3.63, 3.8) is 0 Å². The molecular weight excluding hydrogens is 191 g/mol. The molecule has 0 saturated heterocycles. The van der Waals surface area contributed by atoms with E-state index in [4.69, 9.17) is 23.0 Å². The molecule has 0 aliphatic rings. The first kappa shape index (κ1) is 10.3. The number of hydrogen-bond donors (Lipinski definition) is 0. The third-order valence-corrected chi connectivity index (χ3v) is 5.22. The molecule has 0 N–H and O–H groups in total. The van der Waals surface area contributed by atoms with Crippen LogP contribution in [0.25, 0.3) is 0 Å². The Hall–Kier alpha value is 1.29. The van der Waals surface area contributed by atoms with Crippen LogP contribution in [0.3, 0.4) is 0 Å². The monoisotopic (exact) mass is 202 g/mol. The summed E-state index contributed by atoms with van der Waals surface area (Å²) in [5, 5.41) is 0. The topological polar surface area (TPSA) is 0 Å². The standard InChI is InChI=1S/C5H12ClPS2/c1-5(2,3)9-7(4,6)8/h1-4H3. The fourth-order valence-corrected chi connectivity index (χ4v) is 8.28. The van der Waals surface area contributed by atoms with Gasteiger partial charge in [0, 0.05) is 4.75 Å². The molecule has 1 unspecified atom stereocenters. The van der Waals surface area contributed by atoms with Gasteiger partial charge in [-0.1, -0.05) is 43.8 Å². The Kier molecular flexibility index (Phi) is 3.57. The van der Waals surface area contributed by atoms with Crippen LogP contribution in [-0.4, -0.2) is 11.4 Å². The molecule has 0 amide bonds. The van der Waals surface area contributed by atoms with Crippen LogP contribution in [0.2, 0.25) is 0 Å². The van der Waals surface area contributed by atoms with Crippen molar-refractivity contribution in [2.24, 2.45) is 0 Å². The summed E-state index contributed by atoms with van der Waals surface area (Å²) in [4.78, 5) is 0. The Labute approximate surface area is 71.3 Å². The average Bonchev–Trinajstić information content (AvgIpc) is 1.14. The predicted octanol–water partition coefficient (Wildman–Crippen LogP) is 3.70. The Bertz CT molecular complexity index is 132. The summed E-state index contributed by atoms with van der Waals surface area (Å²) in [5.41, 5.74) is 0. The average molecular weight is 203 g/mol. The van der Waals surface area contributed by atoms with Crippen LogP contribution in [0.1, 0.15) is 20.8 Å². The molecule has 1 atom stereocenters. The largest absolute Gasteiger partial charge is 0.104 e. The van der Waals surface area contributed by atoms with Gasteiger partial charge in [0.1, 0.15) is 0 Å². The lowest BCUT2D eigenvalue weighted by Crippen LogP contribution is -2.04. The van der Waals surface area contributed by atoms with Crippen LogP contribution >= 0.6 is 27.2 Å². The maximum Gasteiger partial charge on any atom is 0.0865 e. The van der Waals surface area contributed by atoms with E-state index in [0.29, 0.717) is 0 Å². The molecule has 0 rings (SSSR count). The minimum atomic E-state index is -1.57. The van der Waals surface area contributed by atoms with E-state index in [1.165, 1.54) is 0 Å². The summed E-state index contributed by atoms with van der Waals surface area (Å²) in [6.07, 6.45) is 0. The Morgan fingerprint density at radius 2 is 1.78 bits per heavy atom. The summed E-state index contributed by atoms with van der Waals surface area (Å²) in [6.45, 7) is 8.33. The highest BCUT2D eigenvalue weighted by Crippen LogP contribution is 2.64. The second kappa shape index (κ2) is 3.13. The lowest BCUT2D eigenvalue weighted by atomic mass is 10.3. The van der Waals surface area contributed by atoms with Crippen molar-refractivity contribution >= 4 is 39.0 Å². The fraction of sp³-hybridized carbons (Fsp3) is 1.00. The van der Waals surface area contributed by atoms with Crippen molar-refractivity contribution in [3.05, 3.63) is 0 Å². The zero-order valence-electron chi connectivity index (χ0n) is 6.14. The van der Waals surface area contributed by atoms with Gasteiger partial charge >= 0.3 is 0 Å². The highest BCUT2D eigenvalue weighted by molar-refractivity contribution is 8.78. The second-order valence-electron chi connectivity index (χ2n) is 2.95. The first-order valence-corrected chi connectivity index (χ1v) is 8.26. The van der Waals surface area contributed by atoms with Gasteiger partial charge in [-0.25, -0.2) is 0 Å². The highest BCUT2D eigenvalue weighted by Gasteiger charge is 2.18. The van der Waals surface area contributed by atoms with Crippen LogP contribution in [0, 0.1) is 0 Å². The minimum Gasteiger partial charge on any atom is -0.104 e. The van der Waals surface area contributed by atoms with E-state index < -0.39 is 4.59 Å². The van der Waals surface area contributed by atoms with Gasteiger partial charge in [0.15, 0.2) is 0 Å². The van der Waals surface area contributed by atoms with Crippen LogP contribution in [0.5, 0.6) is 0 Å². The summed E-state index contributed by atoms with van der Waals surface area (Å²) in [6, 6.07) is 0. The Morgan fingerprint density at radius 3 is 1.78 bits per heavy atom. The van der Waals surface area contributed by atoms with E-state index in [9.17, 15) is 0 Å². The predicted molar refractivity (Wildman–Crippen MR) is 53.4 cm³/mol. The maximum atomic E-state index is 5.91. The zero-order chi connectivity index (χ0) is 7.71. The Balaban J connectivity index is 3.90. The SMILES string of the molecule is CC(C)(C)SP(C)(=S)Cl. The van der Waals surface area contributed by atoms with Crippen LogP contribution < -0.4 is 0 Å². The van der Waals surface area contributed by atoms with E-state index in [0.717, 1.165) is 0 Å². The Morgan fingerprint density at radius 1 is 1.44 bits per heavy atom. The normalized spacial score (nSPS) is 19.2. The van der Waals surface area contributed by atoms with Crippen LogP contribution in [-0.2, 0) is 11.8 Å². The van der Waals surface area contributed by atoms with Crippen LogP contribution in [0.15, 0.2) is 0 Å². The van der Waals surface area contributed by atoms with Gasteiger partial charge in [-0.3, -0.25) is 0 Å².